The van der Waals surface area contributed by atoms with Gasteiger partial charge in [-0.25, -0.2) is 14.4 Å². The van der Waals surface area contributed by atoms with Crippen LogP contribution >= 0.6 is 0 Å². The predicted octanol–water partition coefficient (Wildman–Crippen LogP) is 4.31. The van der Waals surface area contributed by atoms with Crippen molar-refractivity contribution in [2.24, 2.45) is 0 Å². The molecule has 0 N–H and O–H groups in total. The van der Waals surface area contributed by atoms with E-state index in [1.54, 1.807) is 60.7 Å². The number of aromatic nitrogens is 4. The maximum Gasteiger partial charge on any atom is 0.347 e. The minimum atomic E-state index is -0.700. The molecule has 224 valence electrons. The summed E-state index contributed by atoms with van der Waals surface area (Å²) in [6.45, 7) is -0.451. The third-order valence-corrected chi connectivity index (χ3v) is 7.65. The molecule has 0 aliphatic rings. The lowest BCUT2D eigenvalue weighted by Gasteiger charge is -2.10. The van der Waals surface area contributed by atoms with Crippen molar-refractivity contribution in [1.82, 2.24) is 19.6 Å². The highest BCUT2D eigenvalue weighted by atomic mass is 16.5. The van der Waals surface area contributed by atoms with Crippen molar-refractivity contribution in [2.45, 2.75) is 6.42 Å². The number of hydrogen-bond acceptors (Lipinski definition) is 11. The Labute approximate surface area is 254 Å². The van der Waals surface area contributed by atoms with Crippen molar-refractivity contribution in [1.29, 1.82) is 0 Å². The smallest absolute Gasteiger partial charge is 0.347 e. The summed E-state index contributed by atoms with van der Waals surface area (Å²) < 4.78 is 24.0. The van der Waals surface area contributed by atoms with Crippen LogP contribution in [0, 0.1) is 0 Å². The number of ether oxygens (including phenoxy) is 1. The lowest BCUT2D eigenvalue weighted by Crippen LogP contribution is -2.20. The topological polar surface area (TPSA) is 170 Å². The zero-order valence-electron chi connectivity index (χ0n) is 23.5. The van der Waals surface area contributed by atoms with Crippen molar-refractivity contribution < 1.29 is 27.6 Å². The molecule has 0 bridgehead atoms. The second kappa shape index (κ2) is 10.2. The Morgan fingerprint density at radius 3 is 1.85 bits per heavy atom. The van der Waals surface area contributed by atoms with Gasteiger partial charge >= 0.3 is 16.9 Å². The molecular formula is C33H18N4O9. The summed E-state index contributed by atoms with van der Waals surface area (Å²) in [5.74, 6) is -0.833. The van der Waals surface area contributed by atoms with Gasteiger partial charge in [-0.2, -0.15) is 19.6 Å². The number of para-hydroxylation sites is 2. The van der Waals surface area contributed by atoms with Crippen LogP contribution in [0.5, 0.6) is 5.75 Å². The van der Waals surface area contributed by atoms with Crippen molar-refractivity contribution in [2.75, 3.05) is 6.61 Å². The summed E-state index contributed by atoms with van der Waals surface area (Å²) in [4.78, 5) is 64.0. The van der Waals surface area contributed by atoms with Crippen molar-refractivity contribution in [3.8, 4) is 5.75 Å². The average Bonchev–Trinajstić information content (AvgIpc) is 3.71. The van der Waals surface area contributed by atoms with E-state index in [1.165, 1.54) is 24.5 Å². The van der Waals surface area contributed by atoms with E-state index in [0.29, 0.717) is 43.9 Å². The molecule has 5 heterocycles. The molecular weight excluding hydrogens is 596 g/mol. The summed E-state index contributed by atoms with van der Waals surface area (Å²) in [7, 11) is 0. The van der Waals surface area contributed by atoms with Gasteiger partial charge in [-0.3, -0.25) is 9.59 Å². The van der Waals surface area contributed by atoms with Gasteiger partial charge in [0, 0.05) is 28.3 Å². The maximum atomic E-state index is 13.5. The first-order chi connectivity index (χ1) is 22.4. The highest BCUT2D eigenvalue weighted by molar-refractivity contribution is 6.07. The number of carbonyl (C=O) groups is 2. The standard InChI is InChI=1S/C33H18N4O9/c38-27(36-30-20-5-1-3-7-24(20)45-32(41)22(30)14-34-36)11-17-12-29(40)44-26-13-18(9-10-19(17)26)43-16-28(39)37-31-21-6-2-4-8-25(21)46-33(42)23(31)15-35-37/h1-10,12-15H,11,16H2. The van der Waals surface area contributed by atoms with Crippen LogP contribution in [-0.2, 0) is 6.42 Å². The molecule has 46 heavy (non-hydrogen) atoms. The first-order valence-corrected chi connectivity index (χ1v) is 13.9. The number of hydrogen-bond donors (Lipinski definition) is 0. The van der Waals surface area contributed by atoms with Crippen LogP contribution < -0.4 is 21.6 Å². The Morgan fingerprint density at radius 2 is 1.22 bits per heavy atom. The van der Waals surface area contributed by atoms with E-state index in [0.717, 1.165) is 9.36 Å². The zero-order chi connectivity index (χ0) is 31.5. The second-order valence-electron chi connectivity index (χ2n) is 10.4. The molecule has 0 fully saturated rings. The van der Waals surface area contributed by atoms with Crippen LogP contribution in [0.3, 0.4) is 0 Å². The Hall–Kier alpha value is -6.63. The van der Waals surface area contributed by atoms with Gasteiger partial charge in [-0.1, -0.05) is 24.3 Å². The molecule has 8 aromatic rings. The van der Waals surface area contributed by atoms with Crippen molar-refractivity contribution >= 4 is 66.5 Å². The third-order valence-electron chi connectivity index (χ3n) is 7.65. The van der Waals surface area contributed by atoms with E-state index >= 15 is 0 Å². The minimum absolute atomic E-state index is 0.129. The molecule has 0 amide bonds. The normalized spacial score (nSPS) is 11.7. The largest absolute Gasteiger partial charge is 0.484 e. The SMILES string of the molecule is O=C(COc1ccc2c(CC(=O)n3ncc4c(=O)oc5ccccc5c43)cc(=O)oc2c1)n1ncc2c(=O)oc3ccccc3c21. The fraction of sp³-hybridized carbons (Fsp3) is 0.0606. The molecule has 13 nitrogen and oxygen atoms in total. The summed E-state index contributed by atoms with van der Waals surface area (Å²) in [5.41, 5.74) is -0.208. The Kier molecular flexibility index (Phi) is 6.00. The molecule has 0 atom stereocenters. The van der Waals surface area contributed by atoms with Crippen LogP contribution in [0.1, 0.15) is 15.2 Å². The van der Waals surface area contributed by atoms with Gasteiger partial charge in [-0.05, 0) is 42.0 Å². The summed E-state index contributed by atoms with van der Waals surface area (Å²) in [6.07, 6.45) is 2.31. The number of benzene rings is 3. The predicted molar refractivity (Wildman–Crippen MR) is 164 cm³/mol. The first kappa shape index (κ1) is 27.0. The van der Waals surface area contributed by atoms with Crippen LogP contribution in [0.15, 0.2) is 113 Å². The monoisotopic (exact) mass is 614 g/mol. The molecule has 0 aliphatic heterocycles. The van der Waals surface area contributed by atoms with Crippen LogP contribution in [-0.4, -0.2) is 38.0 Å². The maximum absolute atomic E-state index is 13.5. The molecule has 8 rings (SSSR count). The van der Waals surface area contributed by atoms with E-state index < -0.39 is 35.3 Å². The molecule has 0 unspecified atom stereocenters. The molecule has 0 aliphatic carbocycles. The van der Waals surface area contributed by atoms with E-state index in [4.69, 9.17) is 18.0 Å². The molecule has 0 radical (unpaired) electrons. The summed E-state index contributed by atoms with van der Waals surface area (Å²) in [5, 5.41) is 10.1. The molecule has 0 spiro atoms. The molecule has 5 aromatic heterocycles. The number of fused-ring (bicyclic) bond motifs is 7. The van der Waals surface area contributed by atoms with Crippen LogP contribution in [0.25, 0.3) is 54.7 Å². The molecule has 0 saturated carbocycles. The fourth-order valence-electron chi connectivity index (χ4n) is 5.59. The van der Waals surface area contributed by atoms with E-state index in [1.807, 2.05) is 0 Å². The highest BCUT2D eigenvalue weighted by Crippen LogP contribution is 2.26. The minimum Gasteiger partial charge on any atom is -0.484 e. The highest BCUT2D eigenvalue weighted by Gasteiger charge is 2.21. The quantitative estimate of drug-likeness (QED) is 0.253. The molecule has 13 heteroatoms. The lowest BCUT2D eigenvalue weighted by atomic mass is 10.1. The summed E-state index contributed by atoms with van der Waals surface area (Å²) in [6, 6.07) is 19.4. The first-order valence-electron chi connectivity index (χ1n) is 13.9. The van der Waals surface area contributed by atoms with Gasteiger partial charge in [-0.15, -0.1) is 0 Å². The number of rotatable bonds is 5. The van der Waals surface area contributed by atoms with E-state index in [9.17, 15) is 24.0 Å². The van der Waals surface area contributed by atoms with Crippen molar-refractivity contribution in [3.63, 3.8) is 0 Å². The Bertz CT molecular complexity index is 2750. The van der Waals surface area contributed by atoms with Crippen LogP contribution in [0.2, 0.25) is 0 Å². The van der Waals surface area contributed by atoms with Gasteiger partial charge in [0.25, 0.3) is 11.8 Å². The third kappa shape index (κ3) is 4.29. The Morgan fingerprint density at radius 1 is 0.630 bits per heavy atom. The molecule has 3 aromatic carbocycles. The fourth-order valence-corrected chi connectivity index (χ4v) is 5.59. The van der Waals surface area contributed by atoms with Crippen molar-refractivity contribution in [3.05, 3.63) is 122 Å². The van der Waals surface area contributed by atoms with E-state index in [-0.39, 0.29) is 28.5 Å². The van der Waals surface area contributed by atoms with Gasteiger partial charge in [0.2, 0.25) is 0 Å². The zero-order valence-corrected chi connectivity index (χ0v) is 23.5. The van der Waals surface area contributed by atoms with Gasteiger partial charge in [0.15, 0.2) is 6.61 Å². The number of carbonyl (C=O) groups excluding carboxylic acids is 2. The van der Waals surface area contributed by atoms with Crippen LogP contribution in [0.4, 0.5) is 0 Å². The Balaban J connectivity index is 1.08. The summed E-state index contributed by atoms with van der Waals surface area (Å²) >= 11 is 0. The van der Waals surface area contributed by atoms with E-state index in [2.05, 4.69) is 10.2 Å². The molecule has 0 saturated heterocycles. The lowest BCUT2D eigenvalue weighted by molar-refractivity contribution is 0.0826. The number of nitrogens with zero attached hydrogens (tertiary/aromatic N) is 4. The average molecular weight is 615 g/mol. The van der Waals surface area contributed by atoms with Gasteiger partial charge in [0.1, 0.15) is 33.3 Å². The van der Waals surface area contributed by atoms with Gasteiger partial charge in [0.05, 0.1) is 29.8 Å². The van der Waals surface area contributed by atoms with Gasteiger partial charge < -0.3 is 18.0 Å². The second-order valence-corrected chi connectivity index (χ2v) is 10.4.